The minimum Gasteiger partial charge on any atom is -0.486 e. The van der Waals surface area contributed by atoms with Gasteiger partial charge < -0.3 is 9.15 Å². The van der Waals surface area contributed by atoms with Gasteiger partial charge in [0.05, 0.1) is 6.10 Å². The molecule has 0 saturated heterocycles. The van der Waals surface area contributed by atoms with Crippen LogP contribution in [0.3, 0.4) is 0 Å². The minimum absolute atomic E-state index is 0.251. The Hall–Kier alpha value is -2.36. The van der Waals surface area contributed by atoms with E-state index in [1.165, 1.54) is 12.8 Å². The molecule has 1 aromatic carbocycles. The van der Waals surface area contributed by atoms with Crippen LogP contribution in [0.15, 0.2) is 35.0 Å². The Morgan fingerprint density at radius 1 is 1.24 bits per heavy atom. The van der Waals surface area contributed by atoms with Gasteiger partial charge in [0, 0.05) is 28.7 Å². The Balaban J connectivity index is 1.93. The Labute approximate surface area is 121 Å². The van der Waals surface area contributed by atoms with Gasteiger partial charge in [0.15, 0.2) is 17.6 Å². The van der Waals surface area contributed by atoms with E-state index in [9.17, 15) is 4.79 Å². The smallest absolute Gasteiger partial charge is 0.178 e. The van der Waals surface area contributed by atoms with E-state index < -0.39 is 0 Å². The molecule has 1 aliphatic carbocycles. The van der Waals surface area contributed by atoms with Gasteiger partial charge in [-0.25, -0.2) is 0 Å². The predicted octanol–water partition coefficient (Wildman–Crippen LogP) is 4.11. The molecule has 0 bridgehead atoms. The highest BCUT2D eigenvalue weighted by Crippen LogP contribution is 2.37. The quantitative estimate of drug-likeness (QED) is 0.678. The lowest BCUT2D eigenvalue weighted by Crippen LogP contribution is -2.10. The molecule has 0 atom stereocenters. The summed E-state index contributed by atoms with van der Waals surface area (Å²) >= 11 is 0. The largest absolute Gasteiger partial charge is 0.486 e. The van der Waals surface area contributed by atoms with Crippen molar-refractivity contribution in [2.24, 2.45) is 0 Å². The summed E-state index contributed by atoms with van der Waals surface area (Å²) in [5.74, 6) is 0.721. The molecule has 2 heterocycles. The summed E-state index contributed by atoms with van der Waals surface area (Å²) in [5.41, 5.74) is 1.98. The summed E-state index contributed by atoms with van der Waals surface area (Å²) in [4.78, 5) is 15.4. The molecule has 1 saturated carbocycles. The highest BCUT2D eigenvalue weighted by molar-refractivity contribution is 6.13. The molecule has 4 rings (SSSR count). The summed E-state index contributed by atoms with van der Waals surface area (Å²) in [6.45, 7) is 0. The number of aldehydes is 1. The molecule has 0 aliphatic heterocycles. The molecule has 0 N–H and O–H groups in total. The number of benzene rings is 1. The average molecular weight is 281 g/mol. The molecule has 4 nitrogen and oxygen atoms in total. The van der Waals surface area contributed by atoms with Crippen molar-refractivity contribution in [3.05, 3.63) is 36.2 Å². The Morgan fingerprint density at radius 3 is 2.90 bits per heavy atom. The van der Waals surface area contributed by atoms with Crippen LogP contribution < -0.4 is 4.74 Å². The zero-order chi connectivity index (χ0) is 14.2. The van der Waals surface area contributed by atoms with Crippen molar-refractivity contribution in [3.8, 4) is 5.75 Å². The summed E-state index contributed by atoms with van der Waals surface area (Å²) in [6, 6.07) is 5.44. The van der Waals surface area contributed by atoms with E-state index in [-0.39, 0.29) is 6.10 Å². The number of ether oxygens (including phenoxy) is 1. The first-order valence-electron chi connectivity index (χ1n) is 7.28. The minimum atomic E-state index is 0.251. The molecule has 0 radical (unpaired) electrons. The van der Waals surface area contributed by atoms with E-state index in [1.807, 2.05) is 12.1 Å². The maximum Gasteiger partial charge on any atom is 0.178 e. The van der Waals surface area contributed by atoms with E-state index >= 15 is 0 Å². The van der Waals surface area contributed by atoms with Crippen molar-refractivity contribution in [1.82, 2.24) is 4.98 Å². The molecule has 3 aromatic rings. The van der Waals surface area contributed by atoms with Crippen LogP contribution in [0.1, 0.15) is 36.0 Å². The number of pyridine rings is 1. The number of nitrogens with zero attached hydrogens (tertiary/aromatic N) is 1. The van der Waals surface area contributed by atoms with E-state index in [1.54, 1.807) is 18.5 Å². The van der Waals surface area contributed by atoms with Crippen molar-refractivity contribution < 1.29 is 13.9 Å². The van der Waals surface area contributed by atoms with Crippen LogP contribution in [-0.2, 0) is 0 Å². The van der Waals surface area contributed by atoms with Crippen molar-refractivity contribution in [2.75, 3.05) is 0 Å². The van der Waals surface area contributed by atoms with Gasteiger partial charge in [-0.1, -0.05) is 0 Å². The van der Waals surface area contributed by atoms with Crippen LogP contribution in [0.5, 0.6) is 5.75 Å². The van der Waals surface area contributed by atoms with Crippen molar-refractivity contribution in [3.63, 3.8) is 0 Å². The maximum atomic E-state index is 11.3. The fourth-order valence-corrected chi connectivity index (χ4v) is 3.10. The van der Waals surface area contributed by atoms with Crippen molar-refractivity contribution in [1.29, 1.82) is 0 Å². The SMILES string of the molecule is O=Cc1ccc(OC2CCCC2)c2oc3ccncc3c12. The second kappa shape index (κ2) is 4.88. The van der Waals surface area contributed by atoms with Gasteiger partial charge in [0.25, 0.3) is 0 Å². The second-order valence-corrected chi connectivity index (χ2v) is 5.47. The number of fused-ring (bicyclic) bond motifs is 3. The zero-order valence-electron chi connectivity index (χ0n) is 11.5. The standard InChI is InChI=1S/C17H15NO3/c19-10-11-5-6-15(20-12-3-1-2-4-12)17-16(11)13-9-18-8-7-14(13)21-17/h5-10,12H,1-4H2. The van der Waals surface area contributed by atoms with Crippen LogP contribution in [0.2, 0.25) is 0 Å². The molecule has 1 aliphatic rings. The topological polar surface area (TPSA) is 52.3 Å². The van der Waals surface area contributed by atoms with E-state index in [0.29, 0.717) is 11.1 Å². The van der Waals surface area contributed by atoms with E-state index in [4.69, 9.17) is 9.15 Å². The summed E-state index contributed by atoms with van der Waals surface area (Å²) in [6.07, 6.45) is 9.10. The molecule has 106 valence electrons. The molecule has 1 fully saturated rings. The lowest BCUT2D eigenvalue weighted by Gasteiger charge is -2.13. The summed E-state index contributed by atoms with van der Waals surface area (Å²) in [7, 11) is 0. The maximum absolute atomic E-state index is 11.3. The average Bonchev–Trinajstić information content (AvgIpc) is 3.15. The Kier molecular flexibility index (Phi) is 2.88. The summed E-state index contributed by atoms with van der Waals surface area (Å²) < 4.78 is 12.0. The molecular formula is C17H15NO3. The fourth-order valence-electron chi connectivity index (χ4n) is 3.10. The molecule has 0 spiro atoms. The third kappa shape index (κ3) is 1.98. The lowest BCUT2D eigenvalue weighted by molar-refractivity contribution is 0.112. The van der Waals surface area contributed by atoms with Crippen molar-refractivity contribution >= 4 is 28.2 Å². The van der Waals surface area contributed by atoms with Crippen LogP contribution in [-0.4, -0.2) is 17.4 Å². The first-order chi connectivity index (χ1) is 10.4. The number of carbonyl (C=O) groups is 1. The number of carbonyl (C=O) groups excluding carboxylic acids is 1. The fraction of sp³-hybridized carbons (Fsp3) is 0.294. The van der Waals surface area contributed by atoms with Gasteiger partial charge in [-0.15, -0.1) is 0 Å². The monoisotopic (exact) mass is 281 g/mol. The van der Waals surface area contributed by atoms with Gasteiger partial charge in [-0.05, 0) is 43.9 Å². The van der Waals surface area contributed by atoms with Crippen molar-refractivity contribution in [2.45, 2.75) is 31.8 Å². The Morgan fingerprint density at radius 2 is 2.10 bits per heavy atom. The first kappa shape index (κ1) is 12.4. The number of hydrogen-bond acceptors (Lipinski definition) is 4. The second-order valence-electron chi connectivity index (χ2n) is 5.47. The number of furan rings is 1. The first-order valence-corrected chi connectivity index (χ1v) is 7.28. The molecule has 2 aromatic heterocycles. The van der Waals surface area contributed by atoms with Crippen LogP contribution in [0.25, 0.3) is 21.9 Å². The van der Waals surface area contributed by atoms with E-state index in [2.05, 4.69) is 4.98 Å². The highest BCUT2D eigenvalue weighted by Gasteiger charge is 2.21. The molecule has 21 heavy (non-hydrogen) atoms. The van der Waals surface area contributed by atoms with Crippen LogP contribution in [0.4, 0.5) is 0 Å². The van der Waals surface area contributed by atoms with Crippen LogP contribution in [0, 0.1) is 0 Å². The highest BCUT2D eigenvalue weighted by atomic mass is 16.5. The number of hydrogen-bond donors (Lipinski definition) is 0. The molecule has 4 heteroatoms. The van der Waals surface area contributed by atoms with Gasteiger partial charge in [-0.3, -0.25) is 9.78 Å². The van der Waals surface area contributed by atoms with Gasteiger partial charge in [-0.2, -0.15) is 0 Å². The number of rotatable bonds is 3. The molecule has 0 amide bonds. The van der Waals surface area contributed by atoms with Gasteiger partial charge in [0.2, 0.25) is 0 Å². The summed E-state index contributed by atoms with van der Waals surface area (Å²) in [5, 5.41) is 1.65. The molecule has 0 unspecified atom stereocenters. The predicted molar refractivity (Wildman–Crippen MR) is 79.8 cm³/mol. The number of aromatic nitrogens is 1. The van der Waals surface area contributed by atoms with Gasteiger partial charge >= 0.3 is 0 Å². The Bertz CT molecular complexity index is 815. The molecular weight excluding hydrogens is 266 g/mol. The zero-order valence-corrected chi connectivity index (χ0v) is 11.5. The van der Waals surface area contributed by atoms with E-state index in [0.717, 1.165) is 41.2 Å². The third-order valence-electron chi connectivity index (χ3n) is 4.14. The third-order valence-corrected chi connectivity index (χ3v) is 4.14. The lowest BCUT2D eigenvalue weighted by atomic mass is 10.1. The normalized spacial score (nSPS) is 15.8. The van der Waals surface area contributed by atoms with Crippen LogP contribution >= 0.6 is 0 Å². The van der Waals surface area contributed by atoms with Gasteiger partial charge in [0.1, 0.15) is 5.58 Å².